The summed E-state index contributed by atoms with van der Waals surface area (Å²) in [5.41, 5.74) is 12.7. The van der Waals surface area contributed by atoms with E-state index in [2.05, 4.69) is 70.1 Å². The largest absolute Gasteiger partial charge is 0.497 e. The van der Waals surface area contributed by atoms with Gasteiger partial charge in [0.05, 0.1) is 25.2 Å². The summed E-state index contributed by atoms with van der Waals surface area (Å²) in [5, 5.41) is 6.80. The molecular weight excluding hydrogens is 348 g/mol. The highest BCUT2D eigenvalue weighted by atomic mass is 16.5. The van der Waals surface area contributed by atoms with Crippen LogP contribution >= 0.6 is 0 Å². The lowest BCUT2D eigenvalue weighted by atomic mass is 10.0. The third-order valence-corrected chi connectivity index (χ3v) is 5.04. The lowest BCUT2D eigenvalue weighted by Gasteiger charge is -2.19. The number of hydrogen-bond donors (Lipinski definition) is 3. The second-order valence-corrected chi connectivity index (χ2v) is 6.86. The molecule has 0 saturated heterocycles. The van der Waals surface area contributed by atoms with Gasteiger partial charge in [-0.05, 0) is 53.1 Å². The van der Waals surface area contributed by atoms with Gasteiger partial charge in [0.25, 0.3) is 0 Å². The minimum atomic E-state index is 0.659. The maximum Gasteiger partial charge on any atom is 0.119 e. The van der Waals surface area contributed by atoms with Crippen molar-refractivity contribution in [1.29, 1.82) is 0 Å². The molecule has 3 aromatic rings. The highest BCUT2D eigenvalue weighted by Crippen LogP contribution is 2.39. The zero-order valence-corrected chi connectivity index (χ0v) is 16.1. The smallest absolute Gasteiger partial charge is 0.119 e. The number of rotatable bonds is 7. The van der Waals surface area contributed by atoms with Crippen molar-refractivity contribution in [3.8, 4) is 16.9 Å². The minimum Gasteiger partial charge on any atom is -0.497 e. The Morgan fingerprint density at radius 3 is 2.46 bits per heavy atom. The third kappa shape index (κ3) is 3.81. The maximum absolute atomic E-state index is 5.53. The molecule has 0 atom stereocenters. The molecule has 0 aromatic heterocycles. The molecule has 5 nitrogen and oxygen atoms in total. The van der Waals surface area contributed by atoms with Gasteiger partial charge >= 0.3 is 0 Å². The average molecular weight is 374 g/mol. The van der Waals surface area contributed by atoms with E-state index < -0.39 is 0 Å². The van der Waals surface area contributed by atoms with E-state index in [1.54, 1.807) is 7.11 Å². The van der Waals surface area contributed by atoms with E-state index in [4.69, 9.17) is 10.5 Å². The summed E-state index contributed by atoms with van der Waals surface area (Å²) in [5.74, 6) is 0.867. The second kappa shape index (κ2) is 8.33. The van der Waals surface area contributed by atoms with Gasteiger partial charge in [-0.15, -0.1) is 0 Å². The van der Waals surface area contributed by atoms with Gasteiger partial charge in [0, 0.05) is 25.3 Å². The lowest BCUT2D eigenvalue weighted by molar-refractivity contribution is 0.415. The predicted molar refractivity (Wildman–Crippen MR) is 116 cm³/mol. The van der Waals surface area contributed by atoms with Gasteiger partial charge in [-0.2, -0.15) is 0 Å². The summed E-state index contributed by atoms with van der Waals surface area (Å²) in [7, 11) is 1.69. The third-order valence-electron chi connectivity index (χ3n) is 5.04. The van der Waals surface area contributed by atoms with Gasteiger partial charge in [0.1, 0.15) is 5.75 Å². The van der Waals surface area contributed by atoms with Crippen LogP contribution in [-0.4, -0.2) is 26.9 Å². The summed E-state index contributed by atoms with van der Waals surface area (Å²) < 4.78 is 5.27. The van der Waals surface area contributed by atoms with Crippen molar-refractivity contribution in [3.05, 3.63) is 72.3 Å². The number of benzene rings is 3. The van der Waals surface area contributed by atoms with Crippen LogP contribution in [0.25, 0.3) is 11.1 Å². The van der Waals surface area contributed by atoms with Crippen LogP contribution in [0.5, 0.6) is 5.75 Å². The van der Waals surface area contributed by atoms with Crippen LogP contribution in [0.4, 0.5) is 17.1 Å². The van der Waals surface area contributed by atoms with Gasteiger partial charge in [-0.1, -0.05) is 30.3 Å². The summed E-state index contributed by atoms with van der Waals surface area (Å²) in [4.78, 5) is 2.28. The van der Waals surface area contributed by atoms with Crippen LogP contribution < -0.4 is 26.0 Å². The molecule has 5 heteroatoms. The van der Waals surface area contributed by atoms with Gasteiger partial charge in [0.15, 0.2) is 0 Å². The fourth-order valence-electron chi connectivity index (χ4n) is 3.48. The molecule has 4 N–H and O–H groups in total. The SMILES string of the molecule is COc1ccc(N2CNc3ccc(-c4ccc(CNCCN)cc4)cc32)cc1. The Morgan fingerprint density at radius 1 is 1.00 bits per heavy atom. The van der Waals surface area contributed by atoms with Crippen molar-refractivity contribution in [2.45, 2.75) is 6.54 Å². The van der Waals surface area contributed by atoms with E-state index in [1.807, 2.05) is 12.1 Å². The molecule has 0 aliphatic carbocycles. The summed E-state index contributed by atoms with van der Waals surface area (Å²) in [6.07, 6.45) is 0. The number of nitrogens with zero attached hydrogens (tertiary/aromatic N) is 1. The van der Waals surface area contributed by atoms with Gasteiger partial charge < -0.3 is 26.0 Å². The fourth-order valence-corrected chi connectivity index (χ4v) is 3.48. The highest BCUT2D eigenvalue weighted by molar-refractivity contribution is 5.85. The van der Waals surface area contributed by atoms with Crippen molar-refractivity contribution in [1.82, 2.24) is 5.32 Å². The number of nitrogens with one attached hydrogen (secondary N) is 2. The summed E-state index contributed by atoms with van der Waals surface area (Å²) in [6.45, 7) is 3.10. The molecule has 0 unspecified atom stereocenters. The molecule has 0 saturated carbocycles. The Bertz CT molecular complexity index is 922. The van der Waals surface area contributed by atoms with E-state index in [1.165, 1.54) is 22.4 Å². The van der Waals surface area contributed by atoms with E-state index in [0.29, 0.717) is 6.54 Å². The molecule has 1 aliphatic heterocycles. The summed E-state index contributed by atoms with van der Waals surface area (Å²) in [6, 6.07) is 23.5. The van der Waals surface area contributed by atoms with E-state index in [0.717, 1.165) is 36.9 Å². The average Bonchev–Trinajstić information content (AvgIpc) is 3.18. The molecule has 28 heavy (non-hydrogen) atoms. The zero-order valence-electron chi connectivity index (χ0n) is 16.1. The Labute approximate surface area is 166 Å². The van der Waals surface area contributed by atoms with Gasteiger partial charge in [-0.25, -0.2) is 0 Å². The fraction of sp³-hybridized carbons (Fsp3) is 0.217. The molecule has 0 bridgehead atoms. The first kappa shape index (κ1) is 18.3. The highest BCUT2D eigenvalue weighted by Gasteiger charge is 2.20. The van der Waals surface area contributed by atoms with Crippen LogP contribution in [0, 0.1) is 0 Å². The molecule has 144 valence electrons. The van der Waals surface area contributed by atoms with Crippen molar-refractivity contribution >= 4 is 17.1 Å². The number of anilines is 3. The number of hydrogen-bond acceptors (Lipinski definition) is 5. The minimum absolute atomic E-state index is 0.659. The van der Waals surface area contributed by atoms with Gasteiger partial charge in [-0.3, -0.25) is 0 Å². The van der Waals surface area contributed by atoms with Crippen LogP contribution in [0.1, 0.15) is 5.56 Å². The monoisotopic (exact) mass is 374 g/mol. The number of nitrogens with two attached hydrogens (primary N) is 1. The number of methoxy groups -OCH3 is 1. The Hall–Kier alpha value is -3.02. The molecule has 1 heterocycles. The molecule has 0 fully saturated rings. The normalized spacial score (nSPS) is 12.6. The molecular formula is C23H26N4O. The Morgan fingerprint density at radius 2 is 1.75 bits per heavy atom. The molecule has 0 amide bonds. The quantitative estimate of drug-likeness (QED) is 0.547. The molecule has 4 rings (SSSR count). The summed E-state index contributed by atoms with van der Waals surface area (Å²) >= 11 is 0. The van der Waals surface area contributed by atoms with E-state index in [9.17, 15) is 0 Å². The van der Waals surface area contributed by atoms with Crippen molar-refractivity contribution < 1.29 is 4.74 Å². The van der Waals surface area contributed by atoms with Crippen LogP contribution in [0.15, 0.2) is 66.7 Å². The van der Waals surface area contributed by atoms with Crippen molar-refractivity contribution in [2.75, 3.05) is 37.1 Å². The van der Waals surface area contributed by atoms with Crippen LogP contribution in [-0.2, 0) is 6.54 Å². The predicted octanol–water partition coefficient (Wildman–Crippen LogP) is 3.93. The van der Waals surface area contributed by atoms with Crippen LogP contribution in [0.2, 0.25) is 0 Å². The molecule has 0 radical (unpaired) electrons. The number of ether oxygens (including phenoxy) is 1. The standard InChI is InChI=1S/C23H26N4O/c1-28-21-9-7-20(8-10-21)27-16-26-22-11-6-19(14-23(22)27)18-4-2-17(3-5-18)15-25-13-12-24/h2-11,14,25-26H,12-13,15-16,24H2,1H3. The molecule has 0 spiro atoms. The lowest BCUT2D eigenvalue weighted by Crippen LogP contribution is -2.21. The first-order valence-electron chi connectivity index (χ1n) is 9.58. The van der Waals surface area contributed by atoms with E-state index >= 15 is 0 Å². The maximum atomic E-state index is 5.53. The first-order valence-corrected chi connectivity index (χ1v) is 9.58. The van der Waals surface area contributed by atoms with Gasteiger partial charge in [0.2, 0.25) is 0 Å². The number of fused-ring (bicyclic) bond motifs is 1. The Kier molecular flexibility index (Phi) is 5.46. The topological polar surface area (TPSA) is 62.5 Å². The first-order chi connectivity index (χ1) is 13.8. The van der Waals surface area contributed by atoms with Crippen molar-refractivity contribution in [3.63, 3.8) is 0 Å². The van der Waals surface area contributed by atoms with Crippen molar-refractivity contribution in [2.24, 2.45) is 5.73 Å². The van der Waals surface area contributed by atoms with E-state index in [-0.39, 0.29) is 0 Å². The zero-order chi connectivity index (χ0) is 19.3. The molecule has 3 aromatic carbocycles. The second-order valence-electron chi connectivity index (χ2n) is 6.86. The molecule has 1 aliphatic rings. The van der Waals surface area contributed by atoms with Crippen LogP contribution in [0.3, 0.4) is 0 Å². The Balaban J connectivity index is 1.56.